The molecule has 1 fully saturated rings. The van der Waals surface area contributed by atoms with Gasteiger partial charge in [0, 0.05) is 30.0 Å². The third kappa shape index (κ3) is 4.58. The number of carbonyl (C=O) groups is 1. The Morgan fingerprint density at radius 1 is 1.47 bits per heavy atom. The van der Waals surface area contributed by atoms with Crippen LogP contribution < -0.4 is 5.32 Å². The van der Waals surface area contributed by atoms with Crippen molar-refractivity contribution in [1.82, 2.24) is 15.2 Å². The molecular formula is C14H20BrN3O. The van der Waals surface area contributed by atoms with Crippen LogP contribution in [0.1, 0.15) is 30.1 Å². The molecule has 2 rings (SSSR count). The first-order chi connectivity index (χ1) is 9.15. The van der Waals surface area contributed by atoms with Crippen LogP contribution in [0.2, 0.25) is 0 Å². The summed E-state index contributed by atoms with van der Waals surface area (Å²) < 4.78 is 0.824. The molecule has 5 heteroatoms. The van der Waals surface area contributed by atoms with Crippen molar-refractivity contribution in [2.45, 2.75) is 19.8 Å². The van der Waals surface area contributed by atoms with Crippen molar-refractivity contribution in [3.63, 3.8) is 0 Å². The van der Waals surface area contributed by atoms with Crippen LogP contribution in [0.3, 0.4) is 0 Å². The monoisotopic (exact) mass is 325 g/mol. The molecule has 0 bridgehead atoms. The number of likely N-dealkylation sites (tertiary alicyclic amines) is 1. The summed E-state index contributed by atoms with van der Waals surface area (Å²) >= 11 is 3.32. The van der Waals surface area contributed by atoms with Gasteiger partial charge in [0.05, 0.1) is 5.56 Å². The molecule has 1 aliphatic heterocycles. The third-order valence-corrected chi connectivity index (χ3v) is 3.99. The van der Waals surface area contributed by atoms with Gasteiger partial charge in [-0.1, -0.05) is 6.92 Å². The SMILES string of the molecule is CC1CCN(CCNC(=O)c2cncc(Br)c2)CC1. The molecule has 104 valence electrons. The van der Waals surface area contributed by atoms with Gasteiger partial charge in [0.2, 0.25) is 0 Å². The van der Waals surface area contributed by atoms with Gasteiger partial charge in [0.15, 0.2) is 0 Å². The highest BCUT2D eigenvalue weighted by molar-refractivity contribution is 9.10. The lowest BCUT2D eigenvalue weighted by atomic mass is 9.99. The summed E-state index contributed by atoms with van der Waals surface area (Å²) in [6.07, 6.45) is 5.79. The molecule has 1 aliphatic rings. The number of hydrogen-bond donors (Lipinski definition) is 1. The molecule has 0 aromatic carbocycles. The van der Waals surface area contributed by atoms with E-state index in [1.807, 2.05) is 0 Å². The van der Waals surface area contributed by atoms with E-state index in [0.717, 1.165) is 30.0 Å². The second-order valence-corrected chi connectivity index (χ2v) is 6.09. The van der Waals surface area contributed by atoms with Crippen LogP contribution in [0.15, 0.2) is 22.9 Å². The minimum atomic E-state index is -0.0563. The number of aromatic nitrogens is 1. The summed E-state index contributed by atoms with van der Waals surface area (Å²) in [5.74, 6) is 0.790. The molecule has 0 atom stereocenters. The number of nitrogens with zero attached hydrogens (tertiary/aromatic N) is 2. The smallest absolute Gasteiger partial charge is 0.252 e. The van der Waals surface area contributed by atoms with Crippen molar-refractivity contribution >= 4 is 21.8 Å². The Balaban J connectivity index is 1.72. The summed E-state index contributed by atoms with van der Waals surface area (Å²) in [4.78, 5) is 18.3. The van der Waals surface area contributed by atoms with Crippen LogP contribution in [0.25, 0.3) is 0 Å². The van der Waals surface area contributed by atoms with Crippen molar-refractivity contribution < 1.29 is 4.79 Å². The highest BCUT2D eigenvalue weighted by Gasteiger charge is 2.15. The third-order valence-electron chi connectivity index (χ3n) is 3.56. The van der Waals surface area contributed by atoms with Gasteiger partial charge >= 0.3 is 0 Å². The Kier molecular flexibility index (Phi) is 5.34. The number of nitrogens with one attached hydrogen (secondary N) is 1. The normalized spacial score (nSPS) is 17.4. The molecule has 1 saturated heterocycles. The zero-order valence-electron chi connectivity index (χ0n) is 11.2. The first-order valence-corrected chi connectivity index (χ1v) is 7.55. The standard InChI is InChI=1S/C14H20BrN3O/c1-11-2-5-18(6-3-11)7-4-17-14(19)12-8-13(15)10-16-9-12/h8-11H,2-7H2,1H3,(H,17,19). The van der Waals surface area contributed by atoms with E-state index in [-0.39, 0.29) is 5.91 Å². The lowest BCUT2D eigenvalue weighted by molar-refractivity contribution is 0.0944. The van der Waals surface area contributed by atoms with E-state index >= 15 is 0 Å². The maximum absolute atomic E-state index is 11.9. The summed E-state index contributed by atoms with van der Waals surface area (Å²) in [6.45, 7) is 6.23. The molecule has 2 heterocycles. The van der Waals surface area contributed by atoms with Gasteiger partial charge in [-0.15, -0.1) is 0 Å². The van der Waals surface area contributed by atoms with Crippen LogP contribution in [0.4, 0.5) is 0 Å². The predicted molar refractivity (Wildman–Crippen MR) is 79.1 cm³/mol. The highest BCUT2D eigenvalue weighted by atomic mass is 79.9. The molecule has 1 amide bonds. The fraction of sp³-hybridized carbons (Fsp3) is 0.571. The predicted octanol–water partition coefficient (Wildman–Crippen LogP) is 2.31. The largest absolute Gasteiger partial charge is 0.351 e. The summed E-state index contributed by atoms with van der Waals surface area (Å²) in [7, 11) is 0. The maximum Gasteiger partial charge on any atom is 0.252 e. The summed E-state index contributed by atoms with van der Waals surface area (Å²) in [5.41, 5.74) is 0.599. The minimum absolute atomic E-state index is 0.0563. The average Bonchev–Trinajstić information content (AvgIpc) is 2.41. The van der Waals surface area contributed by atoms with Crippen LogP contribution in [-0.2, 0) is 0 Å². The number of halogens is 1. The molecule has 1 aromatic rings. The van der Waals surface area contributed by atoms with E-state index in [2.05, 4.69) is 38.1 Å². The summed E-state index contributed by atoms with van der Waals surface area (Å²) in [6, 6.07) is 1.78. The van der Waals surface area contributed by atoms with E-state index in [0.29, 0.717) is 12.1 Å². The average molecular weight is 326 g/mol. The van der Waals surface area contributed by atoms with Crippen LogP contribution in [-0.4, -0.2) is 42.0 Å². The Bertz CT molecular complexity index is 430. The molecule has 4 nitrogen and oxygen atoms in total. The number of piperidine rings is 1. The van der Waals surface area contributed by atoms with E-state index in [1.165, 1.54) is 12.8 Å². The van der Waals surface area contributed by atoms with Gasteiger partial charge in [-0.05, 0) is 53.8 Å². The van der Waals surface area contributed by atoms with Crippen molar-refractivity contribution in [3.05, 3.63) is 28.5 Å². The van der Waals surface area contributed by atoms with Crippen molar-refractivity contribution in [2.24, 2.45) is 5.92 Å². The molecule has 0 spiro atoms. The van der Waals surface area contributed by atoms with Gasteiger partial charge < -0.3 is 10.2 Å². The molecule has 0 unspecified atom stereocenters. The number of carbonyl (C=O) groups excluding carboxylic acids is 1. The molecule has 0 aliphatic carbocycles. The highest BCUT2D eigenvalue weighted by Crippen LogP contribution is 2.15. The van der Waals surface area contributed by atoms with Crippen LogP contribution in [0, 0.1) is 5.92 Å². The molecule has 1 N–H and O–H groups in total. The molecule has 0 radical (unpaired) electrons. The zero-order chi connectivity index (χ0) is 13.7. The fourth-order valence-corrected chi connectivity index (χ4v) is 2.62. The zero-order valence-corrected chi connectivity index (χ0v) is 12.8. The van der Waals surface area contributed by atoms with Gasteiger partial charge in [-0.25, -0.2) is 0 Å². The van der Waals surface area contributed by atoms with Gasteiger partial charge in [-0.2, -0.15) is 0 Å². The first-order valence-electron chi connectivity index (χ1n) is 6.76. The van der Waals surface area contributed by atoms with E-state index < -0.39 is 0 Å². The second-order valence-electron chi connectivity index (χ2n) is 5.17. The molecule has 1 aromatic heterocycles. The Morgan fingerprint density at radius 3 is 2.89 bits per heavy atom. The van der Waals surface area contributed by atoms with Crippen molar-refractivity contribution in [3.8, 4) is 0 Å². The van der Waals surface area contributed by atoms with Gasteiger partial charge in [0.25, 0.3) is 5.91 Å². The van der Waals surface area contributed by atoms with Gasteiger partial charge in [-0.3, -0.25) is 9.78 Å². The van der Waals surface area contributed by atoms with Crippen molar-refractivity contribution in [1.29, 1.82) is 0 Å². The Hall–Kier alpha value is -0.940. The van der Waals surface area contributed by atoms with Crippen LogP contribution in [0.5, 0.6) is 0 Å². The topological polar surface area (TPSA) is 45.2 Å². The number of pyridine rings is 1. The van der Waals surface area contributed by atoms with E-state index in [9.17, 15) is 4.79 Å². The number of hydrogen-bond acceptors (Lipinski definition) is 3. The van der Waals surface area contributed by atoms with Crippen molar-refractivity contribution in [2.75, 3.05) is 26.2 Å². The van der Waals surface area contributed by atoms with E-state index in [1.54, 1.807) is 18.5 Å². The minimum Gasteiger partial charge on any atom is -0.351 e. The first kappa shape index (κ1) is 14.5. The Morgan fingerprint density at radius 2 is 2.21 bits per heavy atom. The number of rotatable bonds is 4. The molecule has 0 saturated carbocycles. The fourth-order valence-electron chi connectivity index (χ4n) is 2.25. The summed E-state index contributed by atoms with van der Waals surface area (Å²) in [5, 5.41) is 2.94. The second kappa shape index (κ2) is 7.01. The maximum atomic E-state index is 11.9. The lowest BCUT2D eigenvalue weighted by Gasteiger charge is -2.30. The quantitative estimate of drug-likeness (QED) is 0.923. The van der Waals surface area contributed by atoms with Crippen LogP contribution >= 0.6 is 15.9 Å². The number of amides is 1. The van der Waals surface area contributed by atoms with Gasteiger partial charge in [0.1, 0.15) is 0 Å². The molecule has 19 heavy (non-hydrogen) atoms. The lowest BCUT2D eigenvalue weighted by Crippen LogP contribution is -2.39. The van der Waals surface area contributed by atoms with E-state index in [4.69, 9.17) is 0 Å². The molecular weight excluding hydrogens is 306 g/mol. The Labute approximate surface area is 122 Å².